The Bertz CT molecular complexity index is 2750. The normalized spacial score (nSPS) is 13.5. The number of hydrogen-bond donors (Lipinski definition) is 0. The van der Waals surface area contributed by atoms with Crippen molar-refractivity contribution in [3.05, 3.63) is 188 Å². The summed E-state index contributed by atoms with van der Waals surface area (Å²) in [6, 6.07) is 67.4. The highest BCUT2D eigenvalue weighted by molar-refractivity contribution is 7.25. The predicted octanol–water partition coefficient (Wildman–Crippen LogP) is 15.7. The van der Waals surface area contributed by atoms with Crippen molar-refractivity contribution in [3.8, 4) is 33.4 Å². The quantitative estimate of drug-likeness (QED) is 0.159. The van der Waals surface area contributed by atoms with Crippen LogP contribution in [-0.2, 0) is 0 Å². The summed E-state index contributed by atoms with van der Waals surface area (Å²) < 4.78 is 2.66. The monoisotopic (exact) mass is 711 g/mol. The van der Waals surface area contributed by atoms with E-state index in [1.165, 1.54) is 108 Å². The van der Waals surface area contributed by atoms with Crippen molar-refractivity contribution in [1.29, 1.82) is 0 Å². The van der Waals surface area contributed by atoms with E-state index >= 15 is 0 Å². The summed E-state index contributed by atoms with van der Waals surface area (Å²) in [5, 5.41) is 5.39. The number of anilines is 3. The van der Waals surface area contributed by atoms with Crippen LogP contribution >= 0.6 is 11.3 Å². The number of para-hydroxylation sites is 2. The Balaban J connectivity index is 1.18. The molecule has 10 rings (SSSR count). The zero-order valence-electron chi connectivity index (χ0n) is 30.3. The molecule has 0 unspecified atom stereocenters. The molecule has 0 bridgehead atoms. The Morgan fingerprint density at radius 2 is 1.00 bits per heavy atom. The molecule has 8 aromatic carbocycles. The minimum atomic E-state index is 0.600. The van der Waals surface area contributed by atoms with Crippen molar-refractivity contribution in [3.63, 3.8) is 0 Å². The van der Waals surface area contributed by atoms with Gasteiger partial charge in [-0.15, -0.1) is 11.3 Å². The molecule has 1 heterocycles. The number of nitrogens with zero attached hydrogens (tertiary/aromatic N) is 1. The van der Waals surface area contributed by atoms with Gasteiger partial charge in [-0.3, -0.25) is 0 Å². The van der Waals surface area contributed by atoms with Crippen molar-refractivity contribution < 1.29 is 0 Å². The summed E-state index contributed by atoms with van der Waals surface area (Å²) in [5.41, 5.74) is 12.4. The van der Waals surface area contributed by atoms with E-state index in [4.69, 9.17) is 0 Å². The van der Waals surface area contributed by atoms with E-state index in [1.807, 2.05) is 11.3 Å². The Morgan fingerprint density at radius 3 is 1.81 bits per heavy atom. The fraction of sp³-hybridized carbons (Fsp3) is 0.115. The Morgan fingerprint density at radius 1 is 0.407 bits per heavy atom. The van der Waals surface area contributed by atoms with Crippen molar-refractivity contribution in [1.82, 2.24) is 0 Å². The Hall–Kier alpha value is -5.96. The first kappa shape index (κ1) is 32.7. The summed E-state index contributed by atoms with van der Waals surface area (Å²) in [6.07, 6.45) is 6.53. The van der Waals surface area contributed by atoms with Crippen molar-refractivity contribution in [2.75, 3.05) is 4.90 Å². The maximum absolute atomic E-state index is 2.49. The highest BCUT2D eigenvalue weighted by atomic mass is 32.1. The molecule has 0 amide bonds. The molecule has 0 spiro atoms. The first-order valence-corrected chi connectivity index (χ1v) is 20.2. The van der Waals surface area contributed by atoms with Crippen LogP contribution in [-0.4, -0.2) is 0 Å². The minimum absolute atomic E-state index is 0.600. The Kier molecular flexibility index (Phi) is 8.54. The van der Waals surface area contributed by atoms with Gasteiger partial charge in [0.05, 0.1) is 11.4 Å². The summed E-state index contributed by atoms with van der Waals surface area (Å²) in [4.78, 5) is 2.49. The van der Waals surface area contributed by atoms with Crippen LogP contribution in [0.15, 0.2) is 182 Å². The second kappa shape index (κ2) is 14.1. The molecular weight excluding hydrogens is 671 g/mol. The van der Waals surface area contributed by atoms with Gasteiger partial charge in [-0.05, 0) is 93.7 Å². The van der Waals surface area contributed by atoms with E-state index in [0.717, 1.165) is 11.4 Å². The maximum atomic E-state index is 2.49. The molecule has 1 saturated carbocycles. The SMILES string of the molecule is c1ccc(-c2ccccc2N(c2ccc(-c3cccc4sc5ccccc5c34)cc2)c2ccccc2-c2cccc3cccc(C4CCCCC4)c23)cc1. The first-order chi connectivity index (χ1) is 26.8. The molecule has 260 valence electrons. The van der Waals surface area contributed by atoms with E-state index in [1.54, 1.807) is 0 Å². The van der Waals surface area contributed by atoms with Crippen LogP contribution in [0.5, 0.6) is 0 Å². The van der Waals surface area contributed by atoms with Crippen LogP contribution in [0.25, 0.3) is 64.3 Å². The summed E-state index contributed by atoms with van der Waals surface area (Å²) in [5.74, 6) is 0.600. The van der Waals surface area contributed by atoms with E-state index in [0.29, 0.717) is 5.92 Å². The summed E-state index contributed by atoms with van der Waals surface area (Å²) in [6.45, 7) is 0. The second-order valence-corrected chi connectivity index (χ2v) is 15.7. The van der Waals surface area contributed by atoms with Crippen molar-refractivity contribution in [2.24, 2.45) is 0 Å². The van der Waals surface area contributed by atoms with Crippen LogP contribution in [0.3, 0.4) is 0 Å². The molecule has 1 aromatic heterocycles. The molecule has 1 aliphatic rings. The maximum Gasteiger partial charge on any atom is 0.0540 e. The Labute approximate surface area is 321 Å². The lowest BCUT2D eigenvalue weighted by Crippen LogP contribution is -2.12. The van der Waals surface area contributed by atoms with Gasteiger partial charge in [0, 0.05) is 37.0 Å². The minimum Gasteiger partial charge on any atom is -0.309 e. The highest BCUT2D eigenvalue weighted by Gasteiger charge is 2.24. The van der Waals surface area contributed by atoms with Gasteiger partial charge in [0.2, 0.25) is 0 Å². The molecule has 0 saturated heterocycles. The lowest BCUT2D eigenvalue weighted by atomic mass is 9.80. The third kappa shape index (κ3) is 5.79. The number of rotatable bonds is 7. The van der Waals surface area contributed by atoms with Crippen molar-refractivity contribution in [2.45, 2.75) is 38.0 Å². The van der Waals surface area contributed by atoms with Crippen LogP contribution in [0.1, 0.15) is 43.6 Å². The summed E-state index contributed by atoms with van der Waals surface area (Å²) >= 11 is 1.87. The third-order valence-corrected chi connectivity index (χ3v) is 12.6. The van der Waals surface area contributed by atoms with Gasteiger partial charge < -0.3 is 4.90 Å². The van der Waals surface area contributed by atoms with E-state index in [-0.39, 0.29) is 0 Å². The average Bonchev–Trinajstić information content (AvgIpc) is 3.64. The van der Waals surface area contributed by atoms with Crippen LogP contribution in [0, 0.1) is 0 Å². The molecule has 0 radical (unpaired) electrons. The number of benzene rings is 8. The number of fused-ring (bicyclic) bond motifs is 4. The smallest absolute Gasteiger partial charge is 0.0540 e. The number of thiophene rings is 1. The molecule has 54 heavy (non-hydrogen) atoms. The first-order valence-electron chi connectivity index (χ1n) is 19.4. The van der Waals surface area contributed by atoms with E-state index < -0.39 is 0 Å². The molecule has 1 nitrogen and oxygen atoms in total. The van der Waals surface area contributed by atoms with Crippen LogP contribution < -0.4 is 4.90 Å². The molecule has 1 fully saturated rings. The van der Waals surface area contributed by atoms with Gasteiger partial charge in [-0.1, -0.05) is 165 Å². The molecule has 0 atom stereocenters. The van der Waals surface area contributed by atoms with Gasteiger partial charge >= 0.3 is 0 Å². The number of hydrogen-bond acceptors (Lipinski definition) is 2. The molecule has 0 aliphatic heterocycles. The van der Waals surface area contributed by atoms with Crippen LogP contribution in [0.2, 0.25) is 0 Å². The standard InChI is InChI=1S/C52H41NS/c1-3-16-36(17-4-1)41-22-7-10-28-47(41)53(40-34-32-38(33-35-40)43-26-15-31-50-52(43)46-24-9-12-30-49(46)54-50)48-29-11-8-23-44(48)45-27-14-21-39-20-13-25-42(51(39)45)37-18-5-2-6-19-37/h1,3-4,7-17,20-35,37H,2,5-6,18-19H2. The second-order valence-electron chi connectivity index (χ2n) is 14.6. The zero-order chi connectivity index (χ0) is 35.8. The van der Waals surface area contributed by atoms with Gasteiger partial charge in [0.25, 0.3) is 0 Å². The zero-order valence-corrected chi connectivity index (χ0v) is 31.1. The van der Waals surface area contributed by atoms with Gasteiger partial charge in [0.15, 0.2) is 0 Å². The fourth-order valence-corrected chi connectivity index (χ4v) is 10.1. The van der Waals surface area contributed by atoms with Gasteiger partial charge in [0.1, 0.15) is 0 Å². The van der Waals surface area contributed by atoms with Gasteiger partial charge in [-0.2, -0.15) is 0 Å². The predicted molar refractivity (Wildman–Crippen MR) is 234 cm³/mol. The largest absolute Gasteiger partial charge is 0.309 e. The lowest BCUT2D eigenvalue weighted by molar-refractivity contribution is 0.445. The molecular formula is C52H41NS. The molecule has 9 aromatic rings. The van der Waals surface area contributed by atoms with Crippen LogP contribution in [0.4, 0.5) is 17.1 Å². The molecule has 1 aliphatic carbocycles. The molecule has 0 N–H and O–H groups in total. The molecule has 2 heteroatoms. The van der Waals surface area contributed by atoms with Gasteiger partial charge in [-0.25, -0.2) is 0 Å². The summed E-state index contributed by atoms with van der Waals surface area (Å²) in [7, 11) is 0. The highest BCUT2D eigenvalue weighted by Crippen LogP contribution is 2.48. The third-order valence-electron chi connectivity index (χ3n) is 11.5. The van der Waals surface area contributed by atoms with Crippen molar-refractivity contribution >= 4 is 59.3 Å². The average molecular weight is 712 g/mol. The topological polar surface area (TPSA) is 3.24 Å². The van der Waals surface area contributed by atoms with E-state index in [2.05, 4.69) is 187 Å². The van der Waals surface area contributed by atoms with E-state index in [9.17, 15) is 0 Å². The fourth-order valence-electron chi connectivity index (χ4n) is 8.99. The lowest BCUT2D eigenvalue weighted by Gasteiger charge is -2.31.